The van der Waals surface area contributed by atoms with Crippen LogP contribution in [-0.2, 0) is 30.3 Å². The molecule has 1 amide bonds. The lowest BCUT2D eigenvalue weighted by Gasteiger charge is -2.33. The normalized spacial score (nSPS) is 28.3. The topological polar surface area (TPSA) is 160 Å². The molecule has 4 rings (SSSR count). The number of primary amides is 1. The molecule has 2 aromatic rings. The van der Waals surface area contributed by atoms with E-state index in [0.717, 1.165) is 12.1 Å². The Morgan fingerprint density at radius 1 is 1.20 bits per heavy atom. The van der Waals surface area contributed by atoms with Gasteiger partial charge in [0, 0.05) is 17.8 Å². The van der Waals surface area contributed by atoms with E-state index in [1.165, 1.54) is 18.3 Å². The second-order valence-corrected chi connectivity index (χ2v) is 12.9. The average Bonchev–Trinajstić information content (AvgIpc) is 3.50. The Labute approximate surface area is 229 Å². The van der Waals surface area contributed by atoms with Crippen molar-refractivity contribution in [3.8, 4) is 17.2 Å². The molecule has 2 aliphatic rings. The van der Waals surface area contributed by atoms with E-state index in [1.807, 2.05) is 0 Å². The molecule has 0 bridgehead atoms. The van der Waals surface area contributed by atoms with Crippen LogP contribution in [-0.4, -0.2) is 47.8 Å². The molecule has 2 aliphatic carbocycles. The van der Waals surface area contributed by atoms with Crippen LogP contribution in [0.5, 0.6) is 0 Å². The number of aromatic nitrogens is 1. The van der Waals surface area contributed by atoms with Crippen molar-refractivity contribution in [2.24, 2.45) is 22.5 Å². The highest BCUT2D eigenvalue weighted by atomic mass is 32.2. The molecule has 0 spiro atoms. The number of nitriles is 1. The molecule has 214 valence electrons. The van der Waals surface area contributed by atoms with Gasteiger partial charge in [0.1, 0.15) is 10.8 Å². The molecule has 5 atom stereocenters. The predicted molar refractivity (Wildman–Crippen MR) is 135 cm³/mol. The number of hydrogen-bond donors (Lipinski definition) is 2. The highest BCUT2D eigenvalue weighted by Gasteiger charge is 2.75. The molecule has 2 unspecified atom stereocenters. The van der Waals surface area contributed by atoms with E-state index in [9.17, 15) is 41.5 Å². The number of ether oxygens (including phenoxy) is 1. The zero-order valence-corrected chi connectivity index (χ0v) is 22.7. The number of aryl methyl sites for hydroxylation is 1. The summed E-state index contributed by atoms with van der Waals surface area (Å²) in [5, 5.41) is 18.4. The number of nitrogens with zero attached hydrogens (tertiary/aromatic N) is 2. The number of pyridine rings is 1. The summed E-state index contributed by atoms with van der Waals surface area (Å²) >= 11 is 0. The van der Waals surface area contributed by atoms with Gasteiger partial charge in [-0.25, -0.2) is 8.42 Å². The van der Waals surface area contributed by atoms with Crippen molar-refractivity contribution in [2.45, 2.75) is 68.6 Å². The number of carboxylic acids is 1. The summed E-state index contributed by atoms with van der Waals surface area (Å²) in [5.74, 6) is -3.71. The standard InChI is InChI=1S/C27H28F3N3O6S/c1-14(2)39-22-10-18(11-26(22,24(35)36)21-12-25(21,13-31)23(32)34)40(37,38)20-5-4-16(9-19(20)27(28,29)30)17-6-7-33-15(3)8-17/h4-9,14,18,21-22H,10-12H2,1-3H3,(H2,32,34)(H,35,36)/t18-,21?,22+,25?,26+/m0/s1. The first-order valence-electron chi connectivity index (χ1n) is 12.5. The van der Waals surface area contributed by atoms with Gasteiger partial charge in [-0.05, 0) is 75.4 Å². The van der Waals surface area contributed by atoms with E-state index in [2.05, 4.69) is 4.98 Å². The number of benzene rings is 1. The molecule has 1 aromatic carbocycles. The third-order valence-corrected chi connectivity index (χ3v) is 10.1. The Morgan fingerprint density at radius 2 is 1.85 bits per heavy atom. The van der Waals surface area contributed by atoms with Gasteiger partial charge in [-0.1, -0.05) is 6.07 Å². The summed E-state index contributed by atoms with van der Waals surface area (Å²) in [6.45, 7) is 4.85. The Kier molecular flexibility index (Phi) is 7.26. The molecule has 40 heavy (non-hydrogen) atoms. The Morgan fingerprint density at radius 3 is 2.35 bits per heavy atom. The van der Waals surface area contributed by atoms with Crippen molar-refractivity contribution in [1.82, 2.24) is 4.98 Å². The van der Waals surface area contributed by atoms with Crippen LogP contribution in [0.25, 0.3) is 11.1 Å². The Hall–Kier alpha value is -3.50. The van der Waals surface area contributed by atoms with Crippen molar-refractivity contribution < 1.29 is 41.0 Å². The van der Waals surface area contributed by atoms with Crippen molar-refractivity contribution in [1.29, 1.82) is 5.26 Å². The number of amides is 1. The minimum absolute atomic E-state index is 0.127. The maximum absolute atomic E-state index is 14.3. The zero-order chi connectivity index (χ0) is 29.8. The summed E-state index contributed by atoms with van der Waals surface area (Å²) < 4.78 is 76.3. The number of nitrogens with two attached hydrogens (primary N) is 1. The summed E-state index contributed by atoms with van der Waals surface area (Å²) in [7, 11) is -4.78. The van der Waals surface area contributed by atoms with Gasteiger partial charge >= 0.3 is 12.1 Å². The number of sulfone groups is 1. The number of alkyl halides is 3. The van der Waals surface area contributed by atoms with Crippen LogP contribution in [0, 0.1) is 35.0 Å². The SMILES string of the molecule is Cc1cc(-c2ccc(S(=O)(=O)[C@H]3C[C@@H](OC(C)C)[C@](C(=O)O)(C4CC4(C#N)C(N)=O)C3)c(C(F)(F)F)c2)ccn1. The largest absolute Gasteiger partial charge is 0.481 e. The second kappa shape index (κ2) is 9.85. The van der Waals surface area contributed by atoms with Crippen molar-refractivity contribution in [2.75, 3.05) is 0 Å². The minimum Gasteiger partial charge on any atom is -0.481 e. The third-order valence-electron chi connectivity index (χ3n) is 7.93. The highest BCUT2D eigenvalue weighted by molar-refractivity contribution is 7.92. The Bertz CT molecular complexity index is 1520. The van der Waals surface area contributed by atoms with Crippen LogP contribution in [0.3, 0.4) is 0 Å². The first kappa shape index (κ1) is 29.5. The van der Waals surface area contributed by atoms with E-state index >= 15 is 0 Å². The zero-order valence-electron chi connectivity index (χ0n) is 21.9. The predicted octanol–water partition coefficient (Wildman–Crippen LogP) is 3.89. The second-order valence-electron chi connectivity index (χ2n) is 10.7. The molecule has 2 saturated carbocycles. The molecule has 1 aromatic heterocycles. The number of aliphatic carboxylic acids is 1. The fourth-order valence-electron chi connectivity index (χ4n) is 5.94. The smallest absolute Gasteiger partial charge is 0.417 e. The van der Waals surface area contributed by atoms with E-state index in [1.54, 1.807) is 32.9 Å². The summed E-state index contributed by atoms with van der Waals surface area (Å²) in [6.07, 6.45) is -6.80. The molecule has 13 heteroatoms. The third kappa shape index (κ3) is 4.73. The number of rotatable bonds is 8. The number of carbonyl (C=O) groups excluding carboxylic acids is 1. The van der Waals surface area contributed by atoms with E-state index < -0.39 is 85.4 Å². The van der Waals surface area contributed by atoms with Crippen molar-refractivity contribution >= 4 is 21.7 Å². The highest BCUT2D eigenvalue weighted by Crippen LogP contribution is 2.67. The van der Waals surface area contributed by atoms with Crippen molar-refractivity contribution in [3.05, 3.63) is 47.8 Å². The summed E-state index contributed by atoms with van der Waals surface area (Å²) in [4.78, 5) is 27.9. The maximum atomic E-state index is 14.3. The van der Waals surface area contributed by atoms with E-state index in [-0.39, 0.29) is 12.0 Å². The van der Waals surface area contributed by atoms with Gasteiger partial charge in [0.15, 0.2) is 9.84 Å². The lowest BCUT2D eigenvalue weighted by molar-refractivity contribution is -0.163. The number of halogens is 3. The average molecular weight is 580 g/mol. The monoisotopic (exact) mass is 579 g/mol. The first-order chi connectivity index (χ1) is 18.5. The maximum Gasteiger partial charge on any atom is 0.417 e. The molecule has 1 heterocycles. The van der Waals surface area contributed by atoms with Crippen molar-refractivity contribution in [3.63, 3.8) is 0 Å². The molecule has 0 saturated heterocycles. The first-order valence-corrected chi connectivity index (χ1v) is 14.0. The van der Waals surface area contributed by atoms with Gasteiger partial charge in [-0.3, -0.25) is 14.6 Å². The van der Waals surface area contributed by atoms with Gasteiger partial charge in [-0.2, -0.15) is 18.4 Å². The molecule has 3 N–H and O–H groups in total. The number of carbonyl (C=O) groups is 2. The fraction of sp³-hybridized carbons (Fsp3) is 0.481. The molecular formula is C27H28F3N3O6S. The molecule has 0 radical (unpaired) electrons. The fourth-order valence-corrected chi connectivity index (χ4v) is 7.96. The van der Waals surface area contributed by atoms with Gasteiger partial charge in [0.25, 0.3) is 0 Å². The summed E-state index contributed by atoms with van der Waals surface area (Å²) in [5.41, 5.74) is 1.26. The van der Waals surface area contributed by atoms with Gasteiger partial charge in [0.05, 0.1) is 34.0 Å². The van der Waals surface area contributed by atoms with Crippen LogP contribution in [0.2, 0.25) is 0 Å². The molecule has 2 fully saturated rings. The van der Waals surface area contributed by atoms with Gasteiger partial charge in [0.2, 0.25) is 5.91 Å². The quantitative estimate of drug-likeness (QED) is 0.476. The van der Waals surface area contributed by atoms with Gasteiger partial charge in [-0.15, -0.1) is 0 Å². The van der Waals surface area contributed by atoms with Crippen LogP contribution in [0.15, 0.2) is 41.4 Å². The summed E-state index contributed by atoms with van der Waals surface area (Å²) in [6, 6.07) is 7.72. The molecular weight excluding hydrogens is 551 g/mol. The lowest BCUT2D eigenvalue weighted by Crippen LogP contribution is -2.45. The van der Waals surface area contributed by atoms with Crippen LogP contribution < -0.4 is 5.73 Å². The number of hydrogen-bond acceptors (Lipinski definition) is 7. The molecule has 0 aliphatic heterocycles. The number of carboxylic acid groups (broad SMARTS) is 1. The lowest BCUT2D eigenvalue weighted by atomic mass is 9.75. The minimum atomic E-state index is -5.05. The van der Waals surface area contributed by atoms with Crippen LogP contribution in [0.4, 0.5) is 13.2 Å². The van der Waals surface area contributed by atoms with Crippen LogP contribution in [0.1, 0.15) is 44.4 Å². The van der Waals surface area contributed by atoms with E-state index in [4.69, 9.17) is 10.5 Å². The van der Waals surface area contributed by atoms with E-state index in [0.29, 0.717) is 11.3 Å². The Balaban J connectivity index is 1.82. The van der Waals surface area contributed by atoms with Crippen LogP contribution >= 0.6 is 0 Å². The molecule has 9 nitrogen and oxygen atoms in total. The van der Waals surface area contributed by atoms with Gasteiger partial charge < -0.3 is 15.6 Å².